The second-order valence-electron chi connectivity index (χ2n) is 6.69. The standard InChI is InChI=1S/C19H23N5O3/c1-12(2)18-22-17(27-23-18)10-6-9-16(25)21-14-7-4-5-8-15(14)24-13(3)11-20-19(24)26/h4-5,7-8,11-12H,6,9-10H2,1-3H3,(H,20,26)(H,21,25). The quantitative estimate of drug-likeness (QED) is 0.666. The number of aryl methyl sites for hydroxylation is 2. The molecule has 2 aromatic heterocycles. The summed E-state index contributed by atoms with van der Waals surface area (Å²) < 4.78 is 6.72. The van der Waals surface area contributed by atoms with Gasteiger partial charge in [0, 0.05) is 30.7 Å². The van der Waals surface area contributed by atoms with Crippen LogP contribution in [-0.4, -0.2) is 25.6 Å². The van der Waals surface area contributed by atoms with E-state index >= 15 is 0 Å². The van der Waals surface area contributed by atoms with Crippen LogP contribution in [0.2, 0.25) is 0 Å². The van der Waals surface area contributed by atoms with Gasteiger partial charge in [-0.1, -0.05) is 31.1 Å². The van der Waals surface area contributed by atoms with Gasteiger partial charge < -0.3 is 14.8 Å². The molecule has 0 fully saturated rings. The lowest BCUT2D eigenvalue weighted by molar-refractivity contribution is -0.116. The molecule has 142 valence electrons. The zero-order valence-electron chi connectivity index (χ0n) is 15.7. The van der Waals surface area contributed by atoms with Crippen molar-refractivity contribution in [3.63, 3.8) is 0 Å². The molecule has 3 rings (SSSR count). The molecule has 0 saturated heterocycles. The van der Waals surface area contributed by atoms with E-state index in [4.69, 9.17) is 4.52 Å². The van der Waals surface area contributed by atoms with E-state index in [0.717, 1.165) is 5.69 Å². The molecule has 0 radical (unpaired) electrons. The summed E-state index contributed by atoms with van der Waals surface area (Å²) in [6, 6.07) is 7.21. The average Bonchev–Trinajstić information content (AvgIpc) is 3.23. The third-order valence-electron chi connectivity index (χ3n) is 4.17. The largest absolute Gasteiger partial charge is 0.339 e. The highest BCUT2D eigenvalue weighted by atomic mass is 16.5. The average molecular weight is 369 g/mol. The van der Waals surface area contributed by atoms with E-state index in [1.165, 1.54) is 4.57 Å². The van der Waals surface area contributed by atoms with E-state index in [9.17, 15) is 9.59 Å². The Kier molecular flexibility index (Phi) is 5.54. The van der Waals surface area contributed by atoms with Gasteiger partial charge in [0.25, 0.3) is 0 Å². The lowest BCUT2D eigenvalue weighted by atomic mass is 10.2. The number of anilines is 1. The molecule has 0 aliphatic rings. The fourth-order valence-electron chi connectivity index (χ4n) is 2.75. The van der Waals surface area contributed by atoms with Crippen LogP contribution >= 0.6 is 0 Å². The minimum atomic E-state index is -0.244. The molecule has 8 nitrogen and oxygen atoms in total. The summed E-state index contributed by atoms with van der Waals surface area (Å²) in [4.78, 5) is 31.3. The Labute approximate surface area is 156 Å². The maximum absolute atomic E-state index is 12.3. The molecule has 8 heteroatoms. The monoisotopic (exact) mass is 369 g/mol. The SMILES string of the molecule is Cc1c[nH]c(=O)n1-c1ccccc1NC(=O)CCCc1nc(C(C)C)no1. The van der Waals surface area contributed by atoms with Gasteiger partial charge in [-0.2, -0.15) is 4.98 Å². The minimum Gasteiger partial charge on any atom is -0.339 e. The van der Waals surface area contributed by atoms with Gasteiger partial charge in [0.15, 0.2) is 5.82 Å². The number of carbonyl (C=O) groups excluding carboxylic acids is 1. The first-order valence-electron chi connectivity index (χ1n) is 8.94. The normalized spacial score (nSPS) is 11.1. The van der Waals surface area contributed by atoms with Crippen LogP contribution in [0.15, 0.2) is 39.8 Å². The Morgan fingerprint density at radius 3 is 2.78 bits per heavy atom. The number of aromatic amines is 1. The van der Waals surface area contributed by atoms with Crippen LogP contribution in [0.1, 0.15) is 50.0 Å². The third kappa shape index (κ3) is 4.33. The van der Waals surface area contributed by atoms with Crippen molar-refractivity contribution in [1.29, 1.82) is 0 Å². The Bertz CT molecular complexity index is 983. The highest BCUT2D eigenvalue weighted by Crippen LogP contribution is 2.20. The van der Waals surface area contributed by atoms with Gasteiger partial charge >= 0.3 is 5.69 Å². The fourth-order valence-corrected chi connectivity index (χ4v) is 2.75. The zero-order valence-corrected chi connectivity index (χ0v) is 15.7. The molecule has 0 spiro atoms. The third-order valence-corrected chi connectivity index (χ3v) is 4.17. The highest BCUT2D eigenvalue weighted by Gasteiger charge is 2.13. The molecule has 3 aromatic rings. The van der Waals surface area contributed by atoms with Crippen molar-refractivity contribution in [2.24, 2.45) is 0 Å². The number of nitrogens with zero attached hydrogens (tertiary/aromatic N) is 3. The molecule has 1 amide bonds. The van der Waals surface area contributed by atoms with Crippen LogP contribution in [0.25, 0.3) is 5.69 Å². The first kappa shape index (κ1) is 18.6. The number of hydrogen-bond donors (Lipinski definition) is 2. The van der Waals surface area contributed by atoms with E-state index in [1.807, 2.05) is 32.9 Å². The lowest BCUT2D eigenvalue weighted by Crippen LogP contribution is -2.19. The van der Waals surface area contributed by atoms with Crippen LogP contribution in [0.3, 0.4) is 0 Å². The number of para-hydroxylation sites is 2. The summed E-state index contributed by atoms with van der Waals surface area (Å²) >= 11 is 0. The Balaban J connectivity index is 1.62. The summed E-state index contributed by atoms with van der Waals surface area (Å²) in [5.74, 6) is 1.30. The maximum atomic E-state index is 12.3. The molecule has 1 aromatic carbocycles. The molecule has 0 atom stereocenters. The number of nitrogens with one attached hydrogen (secondary N) is 2. The fraction of sp³-hybridized carbons (Fsp3) is 0.368. The first-order valence-corrected chi connectivity index (χ1v) is 8.94. The van der Waals surface area contributed by atoms with E-state index in [1.54, 1.807) is 18.3 Å². The Hall–Kier alpha value is -3.16. The molecule has 2 heterocycles. The van der Waals surface area contributed by atoms with E-state index in [-0.39, 0.29) is 17.5 Å². The minimum absolute atomic E-state index is 0.132. The summed E-state index contributed by atoms with van der Waals surface area (Å²) in [6.45, 7) is 5.82. The number of hydrogen-bond acceptors (Lipinski definition) is 5. The number of amides is 1. The Morgan fingerprint density at radius 1 is 1.33 bits per heavy atom. The number of H-pyrrole nitrogens is 1. The van der Waals surface area contributed by atoms with Crippen molar-refractivity contribution in [3.05, 3.63) is 58.4 Å². The number of aromatic nitrogens is 4. The van der Waals surface area contributed by atoms with Gasteiger partial charge in [0.05, 0.1) is 11.4 Å². The van der Waals surface area contributed by atoms with Crippen molar-refractivity contribution in [2.75, 3.05) is 5.32 Å². The second kappa shape index (κ2) is 8.03. The topological polar surface area (TPSA) is 106 Å². The molecule has 0 aliphatic carbocycles. The van der Waals surface area contributed by atoms with Gasteiger partial charge in [0.1, 0.15) is 0 Å². The highest BCUT2D eigenvalue weighted by molar-refractivity contribution is 5.92. The van der Waals surface area contributed by atoms with Crippen molar-refractivity contribution in [2.45, 2.75) is 46.0 Å². The van der Waals surface area contributed by atoms with Crippen molar-refractivity contribution in [1.82, 2.24) is 19.7 Å². The van der Waals surface area contributed by atoms with Crippen LogP contribution in [0.5, 0.6) is 0 Å². The van der Waals surface area contributed by atoms with Gasteiger partial charge in [-0.3, -0.25) is 9.36 Å². The number of imidazole rings is 1. The van der Waals surface area contributed by atoms with Crippen molar-refractivity contribution in [3.8, 4) is 5.69 Å². The van der Waals surface area contributed by atoms with Crippen molar-refractivity contribution >= 4 is 11.6 Å². The van der Waals surface area contributed by atoms with Crippen molar-refractivity contribution < 1.29 is 9.32 Å². The first-order chi connectivity index (χ1) is 13.0. The van der Waals surface area contributed by atoms with E-state index in [2.05, 4.69) is 20.4 Å². The molecule has 0 unspecified atom stereocenters. The summed E-state index contributed by atoms with van der Waals surface area (Å²) in [5.41, 5.74) is 1.74. The van der Waals surface area contributed by atoms with Crippen LogP contribution in [-0.2, 0) is 11.2 Å². The molecule has 0 aliphatic heterocycles. The lowest BCUT2D eigenvalue weighted by Gasteiger charge is -2.12. The smallest absolute Gasteiger partial charge is 0.330 e. The molecular formula is C19H23N5O3. The second-order valence-corrected chi connectivity index (χ2v) is 6.69. The maximum Gasteiger partial charge on any atom is 0.330 e. The van der Waals surface area contributed by atoms with Crippen LogP contribution < -0.4 is 11.0 Å². The van der Waals surface area contributed by atoms with Gasteiger partial charge in [-0.25, -0.2) is 4.79 Å². The molecule has 27 heavy (non-hydrogen) atoms. The summed E-state index contributed by atoms with van der Waals surface area (Å²) in [7, 11) is 0. The predicted octanol–water partition coefficient (Wildman–Crippen LogP) is 2.94. The molecule has 2 N–H and O–H groups in total. The summed E-state index contributed by atoms with van der Waals surface area (Å²) in [6.07, 6.45) is 3.09. The molecule has 0 saturated carbocycles. The number of carbonyl (C=O) groups is 1. The van der Waals surface area contributed by atoms with E-state index < -0.39 is 0 Å². The van der Waals surface area contributed by atoms with Gasteiger partial charge in [-0.05, 0) is 25.5 Å². The summed E-state index contributed by atoms with van der Waals surface area (Å²) in [5, 5.41) is 6.80. The van der Waals surface area contributed by atoms with Gasteiger partial charge in [0.2, 0.25) is 11.8 Å². The molecule has 0 bridgehead atoms. The van der Waals surface area contributed by atoms with Crippen LogP contribution in [0, 0.1) is 6.92 Å². The molecular weight excluding hydrogens is 346 g/mol. The number of rotatable bonds is 7. The van der Waals surface area contributed by atoms with Gasteiger partial charge in [-0.15, -0.1) is 0 Å². The van der Waals surface area contributed by atoms with E-state index in [0.29, 0.717) is 42.4 Å². The Morgan fingerprint density at radius 2 is 2.11 bits per heavy atom. The number of benzene rings is 1. The predicted molar refractivity (Wildman–Crippen MR) is 101 cm³/mol. The van der Waals surface area contributed by atoms with Crippen LogP contribution in [0.4, 0.5) is 5.69 Å². The zero-order chi connectivity index (χ0) is 19.4.